The predicted molar refractivity (Wildman–Crippen MR) is 42.4 cm³/mol. The summed E-state index contributed by atoms with van der Waals surface area (Å²) < 4.78 is 12.5. The van der Waals surface area contributed by atoms with Gasteiger partial charge in [-0.15, -0.1) is 0 Å². The van der Waals surface area contributed by atoms with Gasteiger partial charge in [0.1, 0.15) is 5.82 Å². The molecule has 3 N–H and O–H groups in total. The molecule has 58 valence electrons. The Hall–Kier alpha value is -0.865. The second-order valence-corrected chi connectivity index (χ2v) is 2.40. The Morgan fingerprint density at radius 2 is 2.18 bits per heavy atom. The summed E-state index contributed by atoms with van der Waals surface area (Å²) in [6.07, 6.45) is 0. The van der Waals surface area contributed by atoms with Gasteiger partial charge in [0, 0.05) is 0 Å². The normalized spacial score (nSPS) is 9.82. The van der Waals surface area contributed by atoms with Crippen LogP contribution >= 0.6 is 0 Å². The smallest absolute Gasteiger partial charge is 0.522 e. The van der Waals surface area contributed by atoms with Crippen LogP contribution in [-0.4, -0.2) is 17.2 Å². The highest BCUT2D eigenvalue weighted by Gasteiger charge is 2.23. The van der Waals surface area contributed by atoms with E-state index < -0.39 is 7.12 Å². The third-order valence-electron chi connectivity index (χ3n) is 1.53. The number of hydrogen-bond acceptors (Lipinski definition) is 1. The first-order chi connectivity index (χ1) is 5.11. The Morgan fingerprint density at radius 1 is 1.55 bits per heavy atom. The second kappa shape index (κ2) is 3.03. The van der Waals surface area contributed by atoms with E-state index >= 15 is 0 Å². The van der Waals surface area contributed by atoms with Crippen LogP contribution in [0.15, 0.2) is 18.2 Å². The summed E-state index contributed by atoms with van der Waals surface area (Å²) >= 11 is 0. The molecule has 0 fully saturated rings. The van der Waals surface area contributed by atoms with E-state index in [1.54, 1.807) is 6.92 Å². The van der Waals surface area contributed by atoms with E-state index in [-0.39, 0.29) is 5.82 Å². The Kier molecular flexibility index (Phi) is 2.26. The van der Waals surface area contributed by atoms with Crippen molar-refractivity contribution < 1.29 is 14.4 Å². The lowest BCUT2D eigenvalue weighted by Crippen LogP contribution is -2.31. The maximum Gasteiger partial charge on any atom is 0.728 e. The van der Waals surface area contributed by atoms with Crippen LogP contribution in [0.3, 0.4) is 0 Å². The van der Waals surface area contributed by atoms with E-state index in [9.17, 15) is 4.39 Å². The fraction of sp³-hybridized carbons (Fsp3) is 0.143. The minimum absolute atomic E-state index is 0.341. The van der Waals surface area contributed by atoms with Gasteiger partial charge in [0.25, 0.3) is 0 Å². The highest BCUT2D eigenvalue weighted by atomic mass is 19.1. The number of benzene rings is 1. The minimum Gasteiger partial charge on any atom is -0.522 e. The molecular formula is C7H9BFO2+. The second-order valence-electron chi connectivity index (χ2n) is 2.40. The number of aryl methyl sites for hydroxylation is 1. The number of hydrogen-bond donors (Lipinski definition) is 1. The summed E-state index contributed by atoms with van der Waals surface area (Å²) in [5.41, 5.74) is 1.05. The van der Waals surface area contributed by atoms with Gasteiger partial charge in [-0.2, -0.15) is 0 Å². The fourth-order valence-corrected chi connectivity index (χ4v) is 0.946. The SMILES string of the molecule is Cc1cc(F)ccc1B(O)[OH2+]. The van der Waals surface area contributed by atoms with Crippen LogP contribution in [0.1, 0.15) is 5.56 Å². The largest absolute Gasteiger partial charge is 0.728 e. The molecule has 2 nitrogen and oxygen atoms in total. The maximum atomic E-state index is 12.5. The topological polar surface area (TPSA) is 43.1 Å². The van der Waals surface area contributed by atoms with E-state index in [1.165, 1.54) is 18.2 Å². The van der Waals surface area contributed by atoms with Gasteiger partial charge in [0.05, 0.1) is 5.46 Å². The standard InChI is InChI=1S/C7H8BFO2/c1-5-4-6(9)2-3-7(5)8(10)11/h2-4,10-11H,1H3/p+1. The van der Waals surface area contributed by atoms with Crippen molar-refractivity contribution in [2.24, 2.45) is 0 Å². The summed E-state index contributed by atoms with van der Waals surface area (Å²) in [7, 11) is -1.27. The summed E-state index contributed by atoms with van der Waals surface area (Å²) in [5, 5.41) is 15.8. The zero-order valence-corrected chi connectivity index (χ0v) is 6.13. The minimum atomic E-state index is -1.27. The fourth-order valence-electron chi connectivity index (χ4n) is 0.946. The summed E-state index contributed by atoms with van der Waals surface area (Å²) in [5.74, 6) is -0.341. The van der Waals surface area contributed by atoms with Gasteiger partial charge in [0.15, 0.2) is 0 Å². The molecule has 0 heterocycles. The van der Waals surface area contributed by atoms with Crippen molar-refractivity contribution in [3.05, 3.63) is 29.6 Å². The van der Waals surface area contributed by atoms with Gasteiger partial charge in [-0.05, 0) is 24.6 Å². The maximum absolute atomic E-state index is 12.5. The van der Waals surface area contributed by atoms with Gasteiger partial charge in [-0.3, -0.25) is 0 Å². The Morgan fingerprint density at radius 3 is 2.64 bits per heavy atom. The lowest BCUT2D eigenvalue weighted by molar-refractivity contribution is 0.425. The van der Waals surface area contributed by atoms with Crippen molar-refractivity contribution in [2.45, 2.75) is 6.92 Å². The molecule has 0 saturated carbocycles. The van der Waals surface area contributed by atoms with Crippen molar-refractivity contribution in [1.29, 1.82) is 0 Å². The highest BCUT2D eigenvalue weighted by Crippen LogP contribution is 1.99. The van der Waals surface area contributed by atoms with Crippen LogP contribution in [-0.2, 0) is 0 Å². The molecule has 0 aliphatic rings. The van der Waals surface area contributed by atoms with E-state index in [1.807, 2.05) is 0 Å². The zero-order valence-electron chi connectivity index (χ0n) is 6.13. The van der Waals surface area contributed by atoms with Crippen molar-refractivity contribution in [3.8, 4) is 0 Å². The molecule has 1 aromatic rings. The molecule has 11 heavy (non-hydrogen) atoms. The summed E-state index contributed by atoms with van der Waals surface area (Å²) in [6, 6.07) is 3.95. The molecular weight excluding hydrogens is 146 g/mol. The first-order valence-electron chi connectivity index (χ1n) is 3.26. The van der Waals surface area contributed by atoms with Gasteiger partial charge >= 0.3 is 7.12 Å². The van der Waals surface area contributed by atoms with Crippen molar-refractivity contribution >= 4 is 12.6 Å². The summed E-state index contributed by atoms with van der Waals surface area (Å²) in [4.78, 5) is 0. The molecule has 0 aromatic heterocycles. The van der Waals surface area contributed by atoms with Crippen LogP contribution < -0.4 is 5.46 Å². The van der Waals surface area contributed by atoms with Gasteiger partial charge in [-0.1, -0.05) is 6.07 Å². The third-order valence-corrected chi connectivity index (χ3v) is 1.53. The third kappa shape index (κ3) is 1.79. The predicted octanol–water partition coefficient (Wildman–Crippen LogP) is -0.454. The van der Waals surface area contributed by atoms with Crippen LogP contribution in [0.25, 0.3) is 0 Å². The van der Waals surface area contributed by atoms with E-state index in [0.29, 0.717) is 11.0 Å². The van der Waals surface area contributed by atoms with Crippen LogP contribution in [0.5, 0.6) is 0 Å². The monoisotopic (exact) mass is 155 g/mol. The molecule has 0 spiro atoms. The molecule has 1 aromatic carbocycles. The van der Waals surface area contributed by atoms with E-state index in [2.05, 4.69) is 0 Å². The van der Waals surface area contributed by atoms with Crippen LogP contribution in [0.4, 0.5) is 4.39 Å². The molecule has 0 unspecified atom stereocenters. The lowest BCUT2D eigenvalue weighted by atomic mass is 9.77. The molecule has 0 bridgehead atoms. The quantitative estimate of drug-likeness (QED) is 0.433. The highest BCUT2D eigenvalue weighted by molar-refractivity contribution is 6.59. The Balaban J connectivity index is 3.09. The molecule has 0 atom stereocenters. The Bertz CT molecular complexity index is 263. The van der Waals surface area contributed by atoms with Crippen molar-refractivity contribution in [3.63, 3.8) is 0 Å². The van der Waals surface area contributed by atoms with E-state index in [4.69, 9.17) is 10.0 Å². The molecule has 0 saturated heterocycles. The van der Waals surface area contributed by atoms with E-state index in [0.717, 1.165) is 0 Å². The molecule has 0 amide bonds. The molecule has 0 aliphatic heterocycles. The number of halogens is 1. The average molecular weight is 155 g/mol. The molecule has 1 rings (SSSR count). The molecule has 0 radical (unpaired) electrons. The Labute approximate surface area is 64.4 Å². The lowest BCUT2D eigenvalue weighted by Gasteiger charge is -1.98. The first-order valence-corrected chi connectivity index (χ1v) is 3.26. The van der Waals surface area contributed by atoms with Gasteiger partial charge in [0.2, 0.25) is 0 Å². The van der Waals surface area contributed by atoms with Gasteiger partial charge in [-0.25, -0.2) is 4.39 Å². The number of rotatable bonds is 1. The van der Waals surface area contributed by atoms with Gasteiger partial charge < -0.3 is 10.0 Å². The molecule has 0 aliphatic carbocycles. The van der Waals surface area contributed by atoms with Crippen molar-refractivity contribution in [2.75, 3.05) is 0 Å². The average Bonchev–Trinajstić information content (AvgIpc) is 1.85. The molecule has 4 heteroatoms. The van der Waals surface area contributed by atoms with Crippen molar-refractivity contribution in [1.82, 2.24) is 0 Å². The van der Waals surface area contributed by atoms with Crippen LogP contribution in [0.2, 0.25) is 0 Å². The summed E-state index contributed by atoms with van der Waals surface area (Å²) in [6.45, 7) is 1.66. The zero-order chi connectivity index (χ0) is 8.43. The van der Waals surface area contributed by atoms with Crippen LogP contribution in [0, 0.1) is 12.7 Å². The first kappa shape index (κ1) is 8.23.